The van der Waals surface area contributed by atoms with Crippen LogP contribution in [-0.4, -0.2) is 39.5 Å². The molecule has 0 unspecified atom stereocenters. The first-order chi connectivity index (χ1) is 15.8. The summed E-state index contributed by atoms with van der Waals surface area (Å²) >= 11 is 1.46. The molecule has 1 aromatic carbocycles. The van der Waals surface area contributed by atoms with Gasteiger partial charge < -0.3 is 13.9 Å². The number of fused-ring (bicyclic) bond motifs is 2. The molecule has 0 radical (unpaired) electrons. The van der Waals surface area contributed by atoms with E-state index in [1.165, 1.54) is 11.3 Å². The van der Waals surface area contributed by atoms with Crippen molar-refractivity contribution in [1.29, 1.82) is 0 Å². The van der Waals surface area contributed by atoms with E-state index in [0.29, 0.717) is 16.6 Å². The molecule has 4 aromatic rings. The minimum atomic E-state index is -0.436. The predicted molar refractivity (Wildman–Crippen MR) is 128 cm³/mol. The van der Waals surface area contributed by atoms with E-state index in [4.69, 9.17) is 13.9 Å². The third kappa shape index (κ3) is 5.17. The zero-order chi connectivity index (χ0) is 23.0. The molecule has 0 bridgehead atoms. The van der Waals surface area contributed by atoms with E-state index in [1.807, 2.05) is 51.1 Å². The molecule has 0 amide bonds. The number of nitrogens with zero attached hydrogens (tertiary/aromatic N) is 3. The van der Waals surface area contributed by atoms with Crippen LogP contribution in [0.25, 0.3) is 21.3 Å². The number of carbonyl (C=O) groups is 1. The number of benzene rings is 1. The van der Waals surface area contributed by atoms with Gasteiger partial charge in [0.2, 0.25) is 0 Å². The van der Waals surface area contributed by atoms with Gasteiger partial charge in [-0.3, -0.25) is 9.69 Å². The van der Waals surface area contributed by atoms with Gasteiger partial charge in [0.05, 0.1) is 17.2 Å². The van der Waals surface area contributed by atoms with E-state index >= 15 is 0 Å². The fourth-order valence-electron chi connectivity index (χ4n) is 4.03. The van der Waals surface area contributed by atoms with Gasteiger partial charge in [0.1, 0.15) is 22.7 Å². The molecule has 0 spiro atoms. The molecule has 1 fully saturated rings. The normalized spacial score (nSPS) is 15.8. The fourth-order valence-corrected chi connectivity index (χ4v) is 4.83. The molecular weight excluding hydrogens is 438 g/mol. The van der Waals surface area contributed by atoms with Gasteiger partial charge in [-0.25, -0.2) is 4.98 Å². The molecule has 1 aliphatic rings. The third-order valence-corrected chi connectivity index (χ3v) is 6.49. The van der Waals surface area contributed by atoms with Crippen LogP contribution < -0.4 is 4.74 Å². The average Bonchev–Trinajstić information content (AvgIpc) is 3.35. The molecule has 0 aliphatic carbocycles. The Bertz CT molecular complexity index is 1250. The van der Waals surface area contributed by atoms with Crippen molar-refractivity contribution in [2.45, 2.75) is 45.8 Å². The van der Waals surface area contributed by atoms with Gasteiger partial charge in [0.25, 0.3) is 5.19 Å². The second-order valence-electron chi connectivity index (χ2n) is 9.40. The van der Waals surface area contributed by atoms with Crippen LogP contribution in [0.4, 0.5) is 0 Å². The van der Waals surface area contributed by atoms with Crippen LogP contribution in [0.15, 0.2) is 47.0 Å². The molecule has 8 heteroatoms. The molecule has 1 saturated heterocycles. The smallest absolute Gasteiger partial charge is 0.309 e. The number of furan rings is 1. The summed E-state index contributed by atoms with van der Waals surface area (Å²) in [5, 5.41) is 1.59. The van der Waals surface area contributed by atoms with Gasteiger partial charge in [-0.05, 0) is 77.0 Å². The molecule has 33 heavy (non-hydrogen) atoms. The molecule has 3 aromatic heterocycles. The summed E-state index contributed by atoms with van der Waals surface area (Å²) < 4.78 is 18.6. The SMILES string of the molecule is CC(C)(C)OC(=O)C1CCN(Cc2cc3ccc(Oc4nc5ncccc5s4)cc3o2)CC1. The van der Waals surface area contributed by atoms with Crippen molar-refractivity contribution in [3.63, 3.8) is 0 Å². The lowest BCUT2D eigenvalue weighted by molar-refractivity contribution is -0.161. The van der Waals surface area contributed by atoms with Crippen LogP contribution >= 0.6 is 11.3 Å². The summed E-state index contributed by atoms with van der Waals surface area (Å²) in [6, 6.07) is 11.8. The Hall–Kier alpha value is -2.97. The topological polar surface area (TPSA) is 77.7 Å². The average molecular weight is 466 g/mol. The van der Waals surface area contributed by atoms with E-state index in [2.05, 4.69) is 20.9 Å². The van der Waals surface area contributed by atoms with E-state index in [0.717, 1.165) is 53.9 Å². The molecule has 4 heterocycles. The zero-order valence-corrected chi connectivity index (χ0v) is 19.9. The highest BCUT2D eigenvalue weighted by molar-refractivity contribution is 7.20. The van der Waals surface area contributed by atoms with Gasteiger partial charge in [0.15, 0.2) is 5.65 Å². The van der Waals surface area contributed by atoms with E-state index in [-0.39, 0.29) is 11.9 Å². The molecule has 1 aliphatic heterocycles. The van der Waals surface area contributed by atoms with Crippen molar-refractivity contribution in [3.8, 4) is 10.9 Å². The van der Waals surface area contributed by atoms with Crippen molar-refractivity contribution in [3.05, 3.63) is 48.4 Å². The number of aromatic nitrogens is 2. The maximum Gasteiger partial charge on any atom is 0.309 e. The predicted octanol–water partition coefficient (Wildman–Crippen LogP) is 5.78. The summed E-state index contributed by atoms with van der Waals surface area (Å²) in [5.74, 6) is 1.48. The van der Waals surface area contributed by atoms with E-state index in [1.54, 1.807) is 6.20 Å². The highest BCUT2D eigenvalue weighted by atomic mass is 32.1. The minimum Gasteiger partial charge on any atom is -0.460 e. The fraction of sp³-hybridized carbons (Fsp3) is 0.400. The number of thiazole rings is 1. The molecule has 0 N–H and O–H groups in total. The summed E-state index contributed by atoms with van der Waals surface area (Å²) in [7, 11) is 0. The van der Waals surface area contributed by atoms with Gasteiger partial charge >= 0.3 is 5.97 Å². The molecule has 0 atom stereocenters. The first kappa shape index (κ1) is 21.9. The standard InChI is InChI=1S/C25H27N3O4S/c1-25(2,3)32-23(29)16-8-11-28(12-9-16)15-19-13-17-6-7-18(14-20(17)30-19)31-24-27-22-21(33-24)5-4-10-26-22/h4-7,10,13-14,16H,8-9,11-12,15H2,1-3H3. The second-order valence-corrected chi connectivity index (χ2v) is 10.4. The van der Waals surface area contributed by atoms with Gasteiger partial charge in [-0.15, -0.1) is 0 Å². The number of hydrogen-bond donors (Lipinski definition) is 0. The van der Waals surface area contributed by atoms with E-state index in [9.17, 15) is 4.79 Å². The first-order valence-corrected chi connectivity index (χ1v) is 12.0. The zero-order valence-electron chi connectivity index (χ0n) is 19.0. The monoisotopic (exact) mass is 465 g/mol. The number of pyridine rings is 1. The van der Waals surface area contributed by atoms with Crippen LogP contribution in [0.1, 0.15) is 39.4 Å². The Labute approximate surface area is 196 Å². The maximum absolute atomic E-state index is 12.3. The van der Waals surface area contributed by atoms with Crippen molar-refractivity contribution in [2.24, 2.45) is 5.92 Å². The number of carbonyl (C=O) groups excluding carboxylic acids is 1. The van der Waals surface area contributed by atoms with Gasteiger partial charge in [-0.1, -0.05) is 11.3 Å². The van der Waals surface area contributed by atoms with Crippen LogP contribution in [0.5, 0.6) is 10.9 Å². The molecular formula is C25H27N3O4S. The lowest BCUT2D eigenvalue weighted by Gasteiger charge is -2.31. The molecule has 172 valence electrons. The summed E-state index contributed by atoms with van der Waals surface area (Å²) in [4.78, 5) is 23.3. The highest BCUT2D eigenvalue weighted by Gasteiger charge is 2.29. The summed E-state index contributed by atoms with van der Waals surface area (Å²) in [6.07, 6.45) is 3.34. The van der Waals surface area contributed by atoms with Crippen molar-refractivity contribution in [1.82, 2.24) is 14.9 Å². The Kier molecular flexibility index (Phi) is 5.80. The lowest BCUT2D eigenvalue weighted by atomic mass is 9.96. The van der Waals surface area contributed by atoms with Crippen molar-refractivity contribution in [2.75, 3.05) is 13.1 Å². The largest absolute Gasteiger partial charge is 0.460 e. The van der Waals surface area contributed by atoms with Crippen LogP contribution in [0.2, 0.25) is 0 Å². The van der Waals surface area contributed by atoms with Crippen LogP contribution in [-0.2, 0) is 16.1 Å². The Morgan fingerprint density at radius 2 is 2.03 bits per heavy atom. The Morgan fingerprint density at radius 3 is 2.79 bits per heavy atom. The van der Waals surface area contributed by atoms with Crippen molar-refractivity contribution < 1.29 is 18.7 Å². The third-order valence-electron chi connectivity index (χ3n) is 5.60. The minimum absolute atomic E-state index is 0.0198. The number of piperidine rings is 1. The second kappa shape index (κ2) is 8.76. The number of rotatable bonds is 5. The quantitative estimate of drug-likeness (QED) is 0.346. The van der Waals surface area contributed by atoms with Crippen molar-refractivity contribution >= 4 is 38.6 Å². The summed E-state index contributed by atoms with van der Waals surface area (Å²) in [6.45, 7) is 8.15. The highest BCUT2D eigenvalue weighted by Crippen LogP contribution is 2.33. The summed E-state index contributed by atoms with van der Waals surface area (Å²) in [5.41, 5.74) is 1.04. The molecule has 0 saturated carbocycles. The lowest BCUT2D eigenvalue weighted by Crippen LogP contribution is -2.38. The Balaban J connectivity index is 1.21. The van der Waals surface area contributed by atoms with E-state index < -0.39 is 5.60 Å². The molecule has 7 nitrogen and oxygen atoms in total. The number of hydrogen-bond acceptors (Lipinski definition) is 8. The maximum atomic E-state index is 12.3. The first-order valence-electron chi connectivity index (χ1n) is 11.2. The van der Waals surface area contributed by atoms with Crippen LogP contribution in [0.3, 0.4) is 0 Å². The Morgan fingerprint density at radius 1 is 1.21 bits per heavy atom. The number of ether oxygens (including phenoxy) is 2. The molecule has 5 rings (SSSR count). The van der Waals surface area contributed by atoms with Crippen LogP contribution in [0, 0.1) is 5.92 Å². The van der Waals surface area contributed by atoms with Gasteiger partial charge in [0, 0.05) is 17.6 Å². The van der Waals surface area contributed by atoms with Gasteiger partial charge in [-0.2, -0.15) is 4.98 Å². The number of esters is 1. The number of likely N-dealkylation sites (tertiary alicyclic amines) is 1.